The van der Waals surface area contributed by atoms with Crippen molar-refractivity contribution in [1.82, 2.24) is 9.97 Å². The highest BCUT2D eigenvalue weighted by Gasteiger charge is 2.20. The number of benzene rings is 2. The third-order valence-corrected chi connectivity index (χ3v) is 6.56. The van der Waals surface area contributed by atoms with Crippen LogP contribution in [0.3, 0.4) is 0 Å². The third-order valence-electron chi connectivity index (χ3n) is 5.58. The van der Waals surface area contributed by atoms with Gasteiger partial charge in [-0.25, -0.2) is 9.97 Å². The number of carbonyl (C=O) groups is 1. The summed E-state index contributed by atoms with van der Waals surface area (Å²) in [6, 6.07) is 25.0. The lowest BCUT2D eigenvalue weighted by molar-refractivity contribution is -0.115. The molecule has 0 fully saturated rings. The number of amides is 1. The van der Waals surface area contributed by atoms with Crippen molar-refractivity contribution in [2.24, 2.45) is 0 Å². The zero-order valence-corrected chi connectivity index (χ0v) is 21.6. The van der Waals surface area contributed by atoms with Crippen LogP contribution in [0.15, 0.2) is 77.8 Å². The summed E-state index contributed by atoms with van der Waals surface area (Å²) in [7, 11) is 3.15. The van der Waals surface area contributed by atoms with Crippen LogP contribution >= 0.6 is 11.8 Å². The number of hydrogen-bond donors (Lipinski definition) is 1. The van der Waals surface area contributed by atoms with Crippen LogP contribution in [-0.2, 0) is 4.79 Å². The summed E-state index contributed by atoms with van der Waals surface area (Å²) in [5, 5.41) is 13.5. The van der Waals surface area contributed by atoms with Crippen LogP contribution in [-0.4, -0.2) is 35.8 Å². The Labute approximate surface area is 220 Å². The van der Waals surface area contributed by atoms with Gasteiger partial charge in [0.1, 0.15) is 16.9 Å². The number of aromatic nitrogens is 2. The number of nitriles is 1. The zero-order chi connectivity index (χ0) is 26.2. The van der Waals surface area contributed by atoms with Crippen molar-refractivity contribution in [3.8, 4) is 40.0 Å². The lowest BCUT2D eigenvalue weighted by atomic mass is 9.98. The van der Waals surface area contributed by atoms with Gasteiger partial charge < -0.3 is 14.8 Å². The van der Waals surface area contributed by atoms with E-state index in [4.69, 9.17) is 14.5 Å². The molecule has 2 aromatic heterocycles. The van der Waals surface area contributed by atoms with Gasteiger partial charge in [-0.3, -0.25) is 4.79 Å². The second-order valence-corrected chi connectivity index (χ2v) is 9.15. The molecule has 0 saturated carbocycles. The highest BCUT2D eigenvalue weighted by molar-refractivity contribution is 7.99. The number of para-hydroxylation sites is 1. The van der Waals surface area contributed by atoms with E-state index in [1.807, 2.05) is 73.7 Å². The van der Waals surface area contributed by atoms with Gasteiger partial charge in [0.25, 0.3) is 0 Å². The molecule has 0 bridgehead atoms. The molecule has 1 N–H and O–H groups in total. The fourth-order valence-electron chi connectivity index (χ4n) is 3.86. The first-order valence-corrected chi connectivity index (χ1v) is 12.6. The number of methoxy groups -OCH3 is 2. The van der Waals surface area contributed by atoms with Gasteiger partial charge in [0.2, 0.25) is 5.91 Å². The van der Waals surface area contributed by atoms with Crippen molar-refractivity contribution in [3.05, 3.63) is 84.1 Å². The Bertz CT molecular complexity index is 1450. The minimum atomic E-state index is -0.155. The van der Waals surface area contributed by atoms with Gasteiger partial charge in [0.15, 0.2) is 11.5 Å². The van der Waals surface area contributed by atoms with E-state index < -0.39 is 0 Å². The average Bonchev–Trinajstić information content (AvgIpc) is 2.92. The first-order valence-electron chi connectivity index (χ1n) is 11.6. The molecule has 4 rings (SSSR count). The molecule has 7 nitrogen and oxygen atoms in total. The Kier molecular flexibility index (Phi) is 8.39. The summed E-state index contributed by atoms with van der Waals surface area (Å²) >= 11 is 1.37. The van der Waals surface area contributed by atoms with Gasteiger partial charge in [-0.1, -0.05) is 48.5 Å². The van der Waals surface area contributed by atoms with Crippen LogP contribution in [0.5, 0.6) is 11.5 Å². The van der Waals surface area contributed by atoms with Crippen molar-refractivity contribution in [2.45, 2.75) is 18.4 Å². The minimum Gasteiger partial charge on any atom is -0.493 e. The van der Waals surface area contributed by atoms with Gasteiger partial charge in [0, 0.05) is 34.6 Å². The van der Waals surface area contributed by atoms with Crippen LogP contribution < -0.4 is 14.8 Å². The number of ether oxygens (including phenoxy) is 2. The number of hydrogen-bond acceptors (Lipinski definition) is 7. The zero-order valence-electron chi connectivity index (χ0n) is 20.8. The summed E-state index contributed by atoms with van der Waals surface area (Å²) < 4.78 is 11.1. The van der Waals surface area contributed by atoms with Crippen molar-refractivity contribution in [2.75, 3.05) is 25.3 Å². The van der Waals surface area contributed by atoms with Crippen LogP contribution in [0.2, 0.25) is 0 Å². The molecule has 0 spiro atoms. The molecule has 186 valence electrons. The Balaban J connectivity index is 1.68. The molecule has 0 aliphatic carbocycles. The number of thioether (sulfide) groups is 1. The van der Waals surface area contributed by atoms with Gasteiger partial charge >= 0.3 is 0 Å². The predicted octanol–water partition coefficient (Wildman–Crippen LogP) is 6.13. The smallest absolute Gasteiger partial charge is 0.226 e. The molecule has 8 heteroatoms. The molecule has 0 saturated heterocycles. The fraction of sp³-hybridized carbons (Fsp3) is 0.172. The first kappa shape index (κ1) is 25.7. The maximum absolute atomic E-state index is 12.5. The summed E-state index contributed by atoms with van der Waals surface area (Å²) in [5.74, 6) is 1.90. The van der Waals surface area contributed by atoms with Gasteiger partial charge in [-0.15, -0.1) is 11.8 Å². The second-order valence-electron chi connectivity index (χ2n) is 8.06. The highest BCUT2D eigenvalue weighted by atomic mass is 32.2. The Morgan fingerprint density at radius 1 is 0.973 bits per heavy atom. The van der Waals surface area contributed by atoms with Crippen molar-refractivity contribution >= 4 is 23.5 Å². The Hall–Kier alpha value is -4.35. The van der Waals surface area contributed by atoms with Crippen LogP contribution in [0.25, 0.3) is 22.4 Å². The Morgan fingerprint density at radius 3 is 2.46 bits per heavy atom. The molecule has 2 heterocycles. The molecular formula is C29H26N4O3S. The number of rotatable bonds is 9. The van der Waals surface area contributed by atoms with E-state index in [0.717, 1.165) is 22.5 Å². The summed E-state index contributed by atoms with van der Waals surface area (Å²) in [4.78, 5) is 21.6. The normalized spacial score (nSPS) is 10.4. The molecule has 4 aromatic rings. The van der Waals surface area contributed by atoms with E-state index >= 15 is 0 Å². The number of carbonyl (C=O) groups excluding carboxylic acids is 1. The van der Waals surface area contributed by atoms with E-state index in [1.54, 1.807) is 20.3 Å². The molecular weight excluding hydrogens is 484 g/mol. The lowest BCUT2D eigenvalue weighted by Gasteiger charge is -2.16. The van der Waals surface area contributed by atoms with Crippen LogP contribution in [0.1, 0.15) is 17.7 Å². The number of nitrogens with one attached hydrogen (secondary N) is 1. The maximum Gasteiger partial charge on any atom is 0.226 e. The second kappa shape index (κ2) is 12.1. The molecule has 0 aliphatic rings. The standard InChI is InChI=1S/C29H26N4O3S/c1-19-9-7-14-26(31-19)33-27(34)15-16-37-29-23(18-30)22(17-24(32-29)20-10-5-4-6-11-20)21-12-8-13-25(35-2)28(21)36-3/h4-14,17H,15-16H2,1-3H3,(H,31,33,34). The van der Waals surface area contributed by atoms with Gasteiger partial charge in [-0.2, -0.15) is 5.26 Å². The monoisotopic (exact) mass is 510 g/mol. The number of nitrogens with zero attached hydrogens (tertiary/aromatic N) is 3. The maximum atomic E-state index is 12.5. The van der Waals surface area contributed by atoms with E-state index in [1.165, 1.54) is 11.8 Å². The first-order chi connectivity index (χ1) is 18.0. The van der Waals surface area contributed by atoms with Crippen molar-refractivity contribution in [1.29, 1.82) is 5.26 Å². The molecule has 0 radical (unpaired) electrons. The van der Waals surface area contributed by atoms with Crippen LogP contribution in [0.4, 0.5) is 5.82 Å². The van der Waals surface area contributed by atoms with Crippen LogP contribution in [0, 0.1) is 18.3 Å². The van der Waals surface area contributed by atoms with Crippen molar-refractivity contribution < 1.29 is 14.3 Å². The van der Waals surface area contributed by atoms with E-state index in [9.17, 15) is 10.1 Å². The largest absolute Gasteiger partial charge is 0.493 e. The molecule has 2 aromatic carbocycles. The topological polar surface area (TPSA) is 97.1 Å². The summed E-state index contributed by atoms with van der Waals surface area (Å²) in [5.41, 5.74) is 4.28. The van der Waals surface area contributed by atoms with E-state index in [-0.39, 0.29) is 12.3 Å². The molecule has 0 aliphatic heterocycles. The molecule has 1 amide bonds. The third kappa shape index (κ3) is 6.08. The van der Waals surface area contributed by atoms with Gasteiger partial charge in [0.05, 0.1) is 25.5 Å². The quantitative estimate of drug-likeness (QED) is 0.271. The highest BCUT2D eigenvalue weighted by Crippen LogP contribution is 2.42. The summed E-state index contributed by atoms with van der Waals surface area (Å²) in [6.45, 7) is 1.87. The molecule has 37 heavy (non-hydrogen) atoms. The SMILES string of the molecule is COc1cccc(-c2cc(-c3ccccc3)nc(SCCC(=O)Nc3cccc(C)n3)c2C#N)c1OC. The summed E-state index contributed by atoms with van der Waals surface area (Å²) in [6.07, 6.45) is 0.236. The fourth-order valence-corrected chi connectivity index (χ4v) is 4.80. The predicted molar refractivity (Wildman–Crippen MR) is 146 cm³/mol. The minimum absolute atomic E-state index is 0.155. The molecule has 0 atom stereocenters. The van der Waals surface area contributed by atoms with E-state index in [0.29, 0.717) is 39.2 Å². The lowest BCUT2D eigenvalue weighted by Crippen LogP contribution is -2.13. The molecule has 0 unspecified atom stereocenters. The Morgan fingerprint density at radius 2 is 1.76 bits per heavy atom. The number of aryl methyl sites for hydroxylation is 1. The average molecular weight is 511 g/mol. The van der Waals surface area contributed by atoms with Gasteiger partial charge in [-0.05, 0) is 31.2 Å². The van der Waals surface area contributed by atoms with E-state index in [2.05, 4.69) is 16.4 Å². The number of pyridine rings is 2. The van der Waals surface area contributed by atoms with Crippen molar-refractivity contribution in [3.63, 3.8) is 0 Å². The number of anilines is 1.